The number of carbonyl (C=O) groups excluding carboxylic acids is 1. The summed E-state index contributed by atoms with van der Waals surface area (Å²) < 4.78 is 29.4. The van der Waals surface area contributed by atoms with Gasteiger partial charge in [-0.1, -0.05) is 44.2 Å². The Morgan fingerprint density at radius 1 is 1.04 bits per heavy atom. The third-order valence-corrected chi connectivity index (χ3v) is 3.59. The number of rotatable bonds is 6. The quantitative estimate of drug-likeness (QED) is 0.840. The van der Waals surface area contributed by atoms with Crippen LogP contribution in [0.2, 0.25) is 0 Å². The molecule has 2 aromatic rings. The van der Waals surface area contributed by atoms with E-state index in [4.69, 9.17) is 0 Å². The molecule has 0 bridgehead atoms. The van der Waals surface area contributed by atoms with Gasteiger partial charge in [0.25, 0.3) is 5.91 Å². The lowest BCUT2D eigenvalue weighted by molar-refractivity contribution is -0.0501. The molecule has 0 aromatic heterocycles. The van der Waals surface area contributed by atoms with Crippen molar-refractivity contribution in [1.29, 1.82) is 0 Å². The molecule has 0 saturated heterocycles. The van der Waals surface area contributed by atoms with Crippen LogP contribution < -0.4 is 10.1 Å². The van der Waals surface area contributed by atoms with Crippen molar-refractivity contribution in [2.75, 3.05) is 5.32 Å². The number of amides is 1. The number of carbonyl (C=O) groups is 1. The molecule has 1 amide bonds. The largest absolute Gasteiger partial charge is 0.434 e. The van der Waals surface area contributed by atoms with E-state index >= 15 is 0 Å². The molecule has 2 aromatic carbocycles. The van der Waals surface area contributed by atoms with Gasteiger partial charge < -0.3 is 10.1 Å². The van der Waals surface area contributed by atoms with Crippen molar-refractivity contribution >= 4 is 11.6 Å². The number of hydrogen-bond acceptors (Lipinski definition) is 2. The van der Waals surface area contributed by atoms with Gasteiger partial charge in [0.15, 0.2) is 0 Å². The van der Waals surface area contributed by atoms with Crippen LogP contribution in [0.3, 0.4) is 0 Å². The number of alkyl halides is 2. The summed E-state index contributed by atoms with van der Waals surface area (Å²) in [5.74, 6) is -0.594. The fraction of sp³-hybridized carbons (Fsp3) is 0.278. The van der Waals surface area contributed by atoms with Crippen LogP contribution in [-0.2, 0) is 12.8 Å². The number of aryl methyl sites for hydroxylation is 2. The zero-order valence-corrected chi connectivity index (χ0v) is 13.1. The lowest BCUT2D eigenvalue weighted by Gasteiger charge is -2.16. The zero-order valence-electron chi connectivity index (χ0n) is 13.1. The number of anilines is 1. The van der Waals surface area contributed by atoms with Crippen molar-refractivity contribution in [3.05, 3.63) is 59.2 Å². The van der Waals surface area contributed by atoms with Crippen LogP contribution in [0.5, 0.6) is 5.75 Å². The highest BCUT2D eigenvalue weighted by atomic mass is 19.3. The Labute approximate surface area is 134 Å². The van der Waals surface area contributed by atoms with Crippen LogP contribution in [0, 0.1) is 0 Å². The van der Waals surface area contributed by atoms with E-state index in [1.54, 1.807) is 12.1 Å². The van der Waals surface area contributed by atoms with E-state index < -0.39 is 12.5 Å². The van der Waals surface area contributed by atoms with Crippen LogP contribution in [0.1, 0.15) is 35.3 Å². The van der Waals surface area contributed by atoms with E-state index in [-0.39, 0.29) is 11.3 Å². The summed E-state index contributed by atoms with van der Waals surface area (Å²) in [6, 6.07) is 11.8. The van der Waals surface area contributed by atoms with Crippen molar-refractivity contribution in [3.63, 3.8) is 0 Å². The second-order valence-corrected chi connectivity index (χ2v) is 4.99. The van der Waals surface area contributed by atoms with Gasteiger partial charge in [-0.3, -0.25) is 4.79 Å². The minimum atomic E-state index is -2.97. The van der Waals surface area contributed by atoms with Gasteiger partial charge in [0.05, 0.1) is 5.56 Å². The molecule has 23 heavy (non-hydrogen) atoms. The molecular formula is C18H19F2NO2. The average Bonchev–Trinajstić information content (AvgIpc) is 2.54. The smallest absolute Gasteiger partial charge is 0.387 e. The number of nitrogens with one attached hydrogen (secondary N) is 1. The Bertz CT molecular complexity index is 664. The monoisotopic (exact) mass is 319 g/mol. The summed E-state index contributed by atoms with van der Waals surface area (Å²) >= 11 is 0. The first kappa shape index (κ1) is 16.9. The lowest BCUT2D eigenvalue weighted by Crippen LogP contribution is -2.17. The highest BCUT2D eigenvalue weighted by Gasteiger charge is 2.17. The Hall–Kier alpha value is -2.43. The van der Waals surface area contributed by atoms with E-state index in [1.807, 2.05) is 32.0 Å². The summed E-state index contributed by atoms with van der Waals surface area (Å²) in [5, 5.41) is 2.85. The molecule has 0 atom stereocenters. The normalized spacial score (nSPS) is 10.7. The highest BCUT2D eigenvalue weighted by Crippen LogP contribution is 2.26. The van der Waals surface area contributed by atoms with E-state index in [1.165, 1.54) is 12.1 Å². The first-order valence-corrected chi connectivity index (χ1v) is 7.52. The summed E-state index contributed by atoms with van der Waals surface area (Å²) in [4.78, 5) is 12.5. The molecule has 122 valence electrons. The molecule has 3 nitrogen and oxygen atoms in total. The number of para-hydroxylation sites is 2. The minimum absolute atomic E-state index is 0.0840. The molecule has 1 N–H and O–H groups in total. The molecule has 0 heterocycles. The Balaban J connectivity index is 2.34. The predicted octanol–water partition coefficient (Wildman–Crippen LogP) is 4.67. The fourth-order valence-corrected chi connectivity index (χ4v) is 2.44. The summed E-state index contributed by atoms with van der Waals surface area (Å²) in [7, 11) is 0. The maximum Gasteiger partial charge on any atom is 0.387 e. The highest BCUT2D eigenvalue weighted by molar-refractivity contribution is 6.07. The molecule has 2 rings (SSSR count). The van der Waals surface area contributed by atoms with Gasteiger partial charge >= 0.3 is 6.61 Å². The summed E-state index contributed by atoms with van der Waals surface area (Å²) in [6.45, 7) is 1.02. The molecule has 0 radical (unpaired) electrons. The molecule has 0 unspecified atom stereocenters. The fourth-order valence-electron chi connectivity index (χ4n) is 2.44. The maximum atomic E-state index is 12.5. The number of benzene rings is 2. The third kappa shape index (κ3) is 4.06. The van der Waals surface area contributed by atoms with Crippen LogP contribution in [0.15, 0.2) is 42.5 Å². The molecular weight excluding hydrogens is 300 g/mol. The maximum absolute atomic E-state index is 12.5. The van der Waals surface area contributed by atoms with Crippen LogP contribution in [0.25, 0.3) is 0 Å². The van der Waals surface area contributed by atoms with Crippen LogP contribution >= 0.6 is 0 Å². The van der Waals surface area contributed by atoms with Crippen molar-refractivity contribution in [2.45, 2.75) is 33.3 Å². The van der Waals surface area contributed by atoms with Gasteiger partial charge in [0.1, 0.15) is 5.75 Å². The molecule has 0 aliphatic heterocycles. The summed E-state index contributed by atoms with van der Waals surface area (Å²) in [5.41, 5.74) is 2.84. The number of ether oxygens (including phenoxy) is 1. The first-order chi connectivity index (χ1) is 11.1. The van der Waals surface area contributed by atoms with Gasteiger partial charge in [0.2, 0.25) is 0 Å². The standard InChI is InChI=1S/C18H19F2NO2/c1-3-12-8-7-9-13(4-2)16(12)21-17(22)14-10-5-6-11-15(14)23-18(19)20/h5-11,18H,3-4H2,1-2H3,(H,21,22). The minimum Gasteiger partial charge on any atom is -0.434 e. The van der Waals surface area contributed by atoms with Gasteiger partial charge in [0, 0.05) is 5.69 Å². The van der Waals surface area contributed by atoms with E-state index in [9.17, 15) is 13.6 Å². The summed E-state index contributed by atoms with van der Waals surface area (Å²) in [6.07, 6.45) is 1.53. The molecule has 0 aliphatic rings. The van der Waals surface area contributed by atoms with Crippen molar-refractivity contribution in [3.8, 4) is 5.75 Å². The van der Waals surface area contributed by atoms with Crippen LogP contribution in [0.4, 0.5) is 14.5 Å². The zero-order chi connectivity index (χ0) is 16.8. The topological polar surface area (TPSA) is 38.3 Å². The SMILES string of the molecule is CCc1cccc(CC)c1NC(=O)c1ccccc1OC(F)F. The number of hydrogen-bond donors (Lipinski definition) is 1. The molecule has 0 spiro atoms. The van der Waals surface area contributed by atoms with Gasteiger partial charge in [-0.05, 0) is 36.1 Å². The van der Waals surface area contributed by atoms with Gasteiger partial charge in [-0.15, -0.1) is 0 Å². The average molecular weight is 319 g/mol. The van der Waals surface area contributed by atoms with Crippen molar-refractivity contribution in [1.82, 2.24) is 0 Å². The third-order valence-electron chi connectivity index (χ3n) is 3.59. The van der Waals surface area contributed by atoms with Crippen molar-refractivity contribution < 1.29 is 18.3 Å². The second-order valence-electron chi connectivity index (χ2n) is 4.99. The van der Waals surface area contributed by atoms with Crippen molar-refractivity contribution in [2.24, 2.45) is 0 Å². The van der Waals surface area contributed by atoms with E-state index in [2.05, 4.69) is 10.1 Å². The molecule has 0 fully saturated rings. The first-order valence-electron chi connectivity index (χ1n) is 7.52. The molecule has 5 heteroatoms. The Morgan fingerprint density at radius 3 is 2.22 bits per heavy atom. The number of halogens is 2. The van der Waals surface area contributed by atoms with Crippen LogP contribution in [-0.4, -0.2) is 12.5 Å². The van der Waals surface area contributed by atoms with E-state index in [0.717, 1.165) is 29.7 Å². The Morgan fingerprint density at radius 2 is 1.65 bits per heavy atom. The predicted molar refractivity (Wildman–Crippen MR) is 86.2 cm³/mol. The lowest BCUT2D eigenvalue weighted by atomic mass is 10.0. The van der Waals surface area contributed by atoms with Gasteiger partial charge in [-0.2, -0.15) is 8.78 Å². The Kier molecular flexibility index (Phi) is 5.68. The second kappa shape index (κ2) is 7.72. The van der Waals surface area contributed by atoms with Gasteiger partial charge in [-0.25, -0.2) is 0 Å². The molecule has 0 aliphatic carbocycles. The molecule has 0 saturated carbocycles. The van der Waals surface area contributed by atoms with E-state index in [0.29, 0.717) is 0 Å².